The van der Waals surface area contributed by atoms with E-state index in [-0.39, 0.29) is 17.7 Å². The van der Waals surface area contributed by atoms with E-state index in [0.29, 0.717) is 40.2 Å². The van der Waals surface area contributed by atoms with Gasteiger partial charge in [0.05, 0.1) is 17.2 Å². The Kier molecular flexibility index (Phi) is 8.15. The minimum atomic E-state index is -0.490. The first kappa shape index (κ1) is 24.8. The number of carbonyl (C=O) groups is 2. The Morgan fingerprint density at radius 3 is 2.55 bits per heavy atom. The summed E-state index contributed by atoms with van der Waals surface area (Å²) in [6.45, 7) is 8.55. The van der Waals surface area contributed by atoms with Crippen LogP contribution < -0.4 is 11.4 Å². The van der Waals surface area contributed by atoms with Crippen LogP contribution in [0.25, 0.3) is 10.2 Å². The fourth-order valence-electron chi connectivity index (χ4n) is 3.44. The molecular formula is C23H28N4O4S2. The average molecular weight is 489 g/mol. The van der Waals surface area contributed by atoms with E-state index in [9.17, 15) is 14.4 Å². The molecule has 1 amide bonds. The highest BCUT2D eigenvalue weighted by atomic mass is 32.2. The van der Waals surface area contributed by atoms with E-state index in [1.807, 2.05) is 44.2 Å². The molecule has 176 valence electrons. The topological polar surface area (TPSA) is 108 Å². The number of rotatable bonds is 9. The molecule has 1 atom stereocenters. The Morgan fingerprint density at radius 2 is 1.94 bits per heavy atom. The molecule has 0 aliphatic carbocycles. The molecule has 8 nitrogen and oxygen atoms in total. The van der Waals surface area contributed by atoms with E-state index in [4.69, 9.17) is 10.6 Å². The number of nitrogens with zero attached hydrogens (tertiary/aromatic N) is 3. The van der Waals surface area contributed by atoms with Crippen LogP contribution >= 0.6 is 23.1 Å². The molecule has 2 aromatic heterocycles. The molecule has 0 saturated carbocycles. The molecule has 2 N–H and O–H groups in total. The van der Waals surface area contributed by atoms with Gasteiger partial charge in [-0.3, -0.25) is 9.59 Å². The minimum absolute atomic E-state index is 0.0437. The Morgan fingerprint density at radius 1 is 1.24 bits per heavy atom. The number of thiophene rings is 1. The number of amides is 1. The predicted octanol–water partition coefficient (Wildman–Crippen LogP) is 3.58. The van der Waals surface area contributed by atoms with E-state index in [1.54, 1.807) is 18.7 Å². The number of hydrogen-bond donors (Lipinski definition) is 1. The SMILES string of the molecule is CCOC(=O)c1sc2nc(SC(CC)C(=O)N(CC)Cc3ccccc3)n(N)c(=O)c2c1C. The van der Waals surface area contributed by atoms with E-state index in [0.717, 1.165) is 21.6 Å². The summed E-state index contributed by atoms with van der Waals surface area (Å²) in [5.41, 5.74) is 1.10. The summed E-state index contributed by atoms with van der Waals surface area (Å²) in [6, 6.07) is 9.79. The van der Waals surface area contributed by atoms with Crippen LogP contribution in [0.5, 0.6) is 0 Å². The third kappa shape index (κ3) is 5.22. The smallest absolute Gasteiger partial charge is 0.348 e. The molecule has 0 bridgehead atoms. The number of aryl methyl sites for hydroxylation is 1. The number of hydrogen-bond acceptors (Lipinski definition) is 8. The molecule has 10 heteroatoms. The van der Waals surface area contributed by atoms with Gasteiger partial charge in [0.15, 0.2) is 5.16 Å². The molecule has 0 spiro atoms. The number of esters is 1. The van der Waals surface area contributed by atoms with Crippen molar-refractivity contribution in [2.24, 2.45) is 0 Å². The predicted molar refractivity (Wildman–Crippen MR) is 132 cm³/mol. The Bertz CT molecular complexity index is 1210. The van der Waals surface area contributed by atoms with Gasteiger partial charge in [0.2, 0.25) is 5.91 Å². The van der Waals surface area contributed by atoms with Crippen LogP contribution in [0.15, 0.2) is 40.3 Å². The fourth-order valence-corrected chi connectivity index (χ4v) is 5.57. The number of benzene rings is 1. The van der Waals surface area contributed by atoms with Crippen molar-refractivity contribution in [2.45, 2.75) is 51.1 Å². The van der Waals surface area contributed by atoms with Gasteiger partial charge in [0.1, 0.15) is 9.71 Å². The highest BCUT2D eigenvalue weighted by molar-refractivity contribution is 8.00. The van der Waals surface area contributed by atoms with Crippen molar-refractivity contribution in [3.8, 4) is 0 Å². The third-order valence-corrected chi connectivity index (χ3v) is 7.71. The summed E-state index contributed by atoms with van der Waals surface area (Å²) >= 11 is 2.27. The van der Waals surface area contributed by atoms with Gasteiger partial charge in [0, 0.05) is 13.1 Å². The second-order valence-corrected chi connectivity index (χ2v) is 9.55. The molecule has 1 aromatic carbocycles. The van der Waals surface area contributed by atoms with Crippen LogP contribution in [0.1, 0.15) is 48.0 Å². The van der Waals surface area contributed by atoms with E-state index in [2.05, 4.69) is 4.98 Å². The lowest BCUT2D eigenvalue weighted by atomic mass is 10.2. The van der Waals surface area contributed by atoms with Gasteiger partial charge in [-0.1, -0.05) is 49.0 Å². The summed E-state index contributed by atoms with van der Waals surface area (Å²) in [5.74, 6) is 5.55. The third-order valence-electron chi connectivity index (χ3n) is 5.23. The Labute approximate surface area is 200 Å². The molecule has 1 unspecified atom stereocenters. The van der Waals surface area contributed by atoms with Crippen LogP contribution in [0.3, 0.4) is 0 Å². The van der Waals surface area contributed by atoms with Crippen molar-refractivity contribution in [3.63, 3.8) is 0 Å². The number of aromatic nitrogens is 2. The van der Waals surface area contributed by atoms with E-state index < -0.39 is 16.8 Å². The van der Waals surface area contributed by atoms with Crippen molar-refractivity contribution in [1.29, 1.82) is 0 Å². The molecule has 3 rings (SSSR count). The van der Waals surface area contributed by atoms with Crippen LogP contribution in [0, 0.1) is 6.92 Å². The number of carbonyl (C=O) groups excluding carboxylic acids is 2. The maximum Gasteiger partial charge on any atom is 0.348 e. The Balaban J connectivity index is 1.91. The molecule has 33 heavy (non-hydrogen) atoms. The zero-order valence-corrected chi connectivity index (χ0v) is 20.8. The summed E-state index contributed by atoms with van der Waals surface area (Å²) in [5, 5.41) is 0.0760. The van der Waals surface area contributed by atoms with Crippen LogP contribution in [0.4, 0.5) is 0 Å². The molecule has 0 radical (unpaired) electrons. The second kappa shape index (κ2) is 10.8. The minimum Gasteiger partial charge on any atom is -0.462 e. The van der Waals surface area contributed by atoms with Crippen LogP contribution in [-0.2, 0) is 16.1 Å². The van der Waals surface area contributed by atoms with Crippen LogP contribution in [-0.4, -0.2) is 44.8 Å². The first-order valence-corrected chi connectivity index (χ1v) is 12.5. The molecule has 0 aliphatic heterocycles. The standard InChI is InChI=1S/C23H28N4O4S2/c1-5-16(20(28)26(6-2)13-15-11-9-8-10-12-15)32-23-25-19-17(21(29)27(23)24)14(4)18(33-19)22(30)31-7-3/h8-12,16H,5-7,13,24H2,1-4H3. The monoisotopic (exact) mass is 488 g/mol. The van der Waals surface area contributed by atoms with Gasteiger partial charge in [-0.15, -0.1) is 11.3 Å². The van der Waals surface area contributed by atoms with Crippen molar-refractivity contribution in [2.75, 3.05) is 19.0 Å². The average Bonchev–Trinajstić information content (AvgIpc) is 3.15. The van der Waals surface area contributed by atoms with E-state index in [1.165, 1.54) is 11.8 Å². The normalized spacial score (nSPS) is 12.0. The van der Waals surface area contributed by atoms with Gasteiger partial charge < -0.3 is 15.5 Å². The van der Waals surface area contributed by atoms with E-state index >= 15 is 0 Å². The van der Waals surface area contributed by atoms with Gasteiger partial charge in [-0.25, -0.2) is 14.5 Å². The number of fused-ring (bicyclic) bond motifs is 1. The number of nitrogens with two attached hydrogens (primary N) is 1. The lowest BCUT2D eigenvalue weighted by molar-refractivity contribution is -0.131. The maximum atomic E-state index is 13.3. The summed E-state index contributed by atoms with van der Waals surface area (Å²) in [6.07, 6.45) is 0.542. The highest BCUT2D eigenvalue weighted by Crippen LogP contribution is 2.31. The van der Waals surface area contributed by atoms with Crippen LogP contribution in [0.2, 0.25) is 0 Å². The first-order valence-electron chi connectivity index (χ1n) is 10.8. The summed E-state index contributed by atoms with van der Waals surface area (Å²) in [4.78, 5) is 45.6. The Hall–Kier alpha value is -2.85. The quantitative estimate of drug-likeness (QED) is 0.212. The van der Waals surface area contributed by atoms with Crippen molar-refractivity contribution >= 4 is 45.2 Å². The summed E-state index contributed by atoms with van der Waals surface area (Å²) in [7, 11) is 0. The van der Waals surface area contributed by atoms with Crippen molar-refractivity contribution < 1.29 is 14.3 Å². The van der Waals surface area contributed by atoms with Gasteiger partial charge in [-0.2, -0.15) is 0 Å². The fraction of sp³-hybridized carbons (Fsp3) is 0.391. The molecule has 0 fully saturated rings. The van der Waals surface area contributed by atoms with Gasteiger partial charge in [0.25, 0.3) is 5.56 Å². The number of thioether (sulfide) groups is 1. The molecular weight excluding hydrogens is 460 g/mol. The molecule has 0 saturated heterocycles. The molecule has 0 aliphatic rings. The molecule has 3 aromatic rings. The molecule has 2 heterocycles. The zero-order valence-electron chi connectivity index (χ0n) is 19.2. The number of nitrogen functional groups attached to an aromatic ring is 1. The highest BCUT2D eigenvalue weighted by Gasteiger charge is 2.27. The lowest BCUT2D eigenvalue weighted by Gasteiger charge is -2.25. The van der Waals surface area contributed by atoms with Crippen molar-refractivity contribution in [1.82, 2.24) is 14.6 Å². The summed E-state index contributed by atoms with van der Waals surface area (Å²) < 4.78 is 6.05. The lowest BCUT2D eigenvalue weighted by Crippen LogP contribution is -2.38. The van der Waals surface area contributed by atoms with Crippen molar-refractivity contribution in [3.05, 3.63) is 56.7 Å². The number of ether oxygens (including phenoxy) is 1. The zero-order chi connectivity index (χ0) is 24.1. The largest absolute Gasteiger partial charge is 0.462 e. The van der Waals surface area contributed by atoms with Gasteiger partial charge >= 0.3 is 5.97 Å². The van der Waals surface area contributed by atoms with Gasteiger partial charge in [-0.05, 0) is 38.3 Å². The maximum absolute atomic E-state index is 13.3. The second-order valence-electron chi connectivity index (χ2n) is 7.38. The first-order chi connectivity index (χ1) is 15.8.